The first-order valence-electron chi connectivity index (χ1n) is 5.59. The molecule has 0 saturated carbocycles. The van der Waals surface area contributed by atoms with Gasteiger partial charge in [-0.15, -0.1) is 0 Å². The molecule has 15 heavy (non-hydrogen) atoms. The smallest absolute Gasteiger partial charge is 0.0397 e. The summed E-state index contributed by atoms with van der Waals surface area (Å²) in [5, 5.41) is 3.38. The largest absolute Gasteiger partial charge is 0.369 e. The van der Waals surface area contributed by atoms with E-state index in [2.05, 4.69) is 53.5 Å². The number of allylic oxidation sites excluding steroid dienone is 1. The number of nitrogens with one attached hydrogen (secondary N) is 1. The van der Waals surface area contributed by atoms with Crippen LogP contribution in [0.5, 0.6) is 0 Å². The van der Waals surface area contributed by atoms with Crippen LogP contribution >= 0.6 is 0 Å². The molecule has 0 spiro atoms. The summed E-state index contributed by atoms with van der Waals surface area (Å²) in [5.74, 6) is 0. The molecule has 0 atom stereocenters. The third-order valence-electron chi connectivity index (χ3n) is 2.80. The van der Waals surface area contributed by atoms with Crippen molar-refractivity contribution in [2.45, 2.75) is 6.92 Å². The van der Waals surface area contributed by atoms with Crippen LogP contribution in [0.15, 0.2) is 36.4 Å². The number of benzene rings is 1. The van der Waals surface area contributed by atoms with Crippen LogP contribution in [0.3, 0.4) is 0 Å². The fraction of sp³-hybridized carbons (Fsp3) is 0.385. The minimum atomic E-state index is 1.09. The SMILES string of the molecule is C/C=C(/c1ccccc1)N1CCNCC1. The lowest BCUT2D eigenvalue weighted by atomic mass is 10.1. The maximum atomic E-state index is 3.38. The quantitative estimate of drug-likeness (QED) is 0.788. The molecule has 0 amide bonds. The fourth-order valence-corrected chi connectivity index (χ4v) is 2.05. The molecule has 1 heterocycles. The van der Waals surface area contributed by atoms with Gasteiger partial charge in [0.05, 0.1) is 0 Å². The summed E-state index contributed by atoms with van der Waals surface area (Å²) in [7, 11) is 0. The molecule has 1 aromatic carbocycles. The van der Waals surface area contributed by atoms with Crippen LogP contribution in [0, 0.1) is 0 Å². The van der Waals surface area contributed by atoms with Crippen LogP contribution in [-0.2, 0) is 0 Å². The van der Waals surface area contributed by atoms with Gasteiger partial charge in [0, 0.05) is 31.9 Å². The van der Waals surface area contributed by atoms with E-state index < -0.39 is 0 Å². The summed E-state index contributed by atoms with van der Waals surface area (Å²) in [5.41, 5.74) is 2.68. The maximum Gasteiger partial charge on any atom is 0.0397 e. The average Bonchev–Trinajstić information content (AvgIpc) is 2.33. The highest BCUT2D eigenvalue weighted by Gasteiger charge is 2.13. The number of rotatable bonds is 2. The van der Waals surface area contributed by atoms with Crippen LogP contribution < -0.4 is 5.32 Å². The van der Waals surface area contributed by atoms with E-state index in [4.69, 9.17) is 0 Å². The lowest BCUT2D eigenvalue weighted by molar-refractivity contribution is 0.340. The Morgan fingerprint density at radius 1 is 1.20 bits per heavy atom. The molecule has 80 valence electrons. The molecule has 1 aliphatic rings. The fourth-order valence-electron chi connectivity index (χ4n) is 2.05. The van der Waals surface area contributed by atoms with E-state index in [1.165, 1.54) is 11.3 Å². The number of piperazine rings is 1. The van der Waals surface area contributed by atoms with Crippen molar-refractivity contribution in [3.05, 3.63) is 42.0 Å². The zero-order valence-corrected chi connectivity index (χ0v) is 9.24. The van der Waals surface area contributed by atoms with Crippen molar-refractivity contribution in [2.75, 3.05) is 26.2 Å². The Morgan fingerprint density at radius 2 is 1.87 bits per heavy atom. The van der Waals surface area contributed by atoms with Crippen LogP contribution in [-0.4, -0.2) is 31.1 Å². The van der Waals surface area contributed by atoms with E-state index in [9.17, 15) is 0 Å². The standard InChI is InChI=1S/C13H18N2/c1-2-13(12-6-4-3-5-7-12)15-10-8-14-9-11-15/h2-7,14H,8-11H2,1H3/b13-2-. The average molecular weight is 202 g/mol. The molecule has 0 aliphatic carbocycles. The van der Waals surface area contributed by atoms with E-state index in [1.54, 1.807) is 0 Å². The second kappa shape index (κ2) is 4.99. The number of hydrogen-bond donors (Lipinski definition) is 1. The highest BCUT2D eigenvalue weighted by molar-refractivity contribution is 5.63. The summed E-state index contributed by atoms with van der Waals surface area (Å²) in [4.78, 5) is 2.45. The molecule has 2 nitrogen and oxygen atoms in total. The molecule has 0 bridgehead atoms. The van der Waals surface area contributed by atoms with Crippen molar-refractivity contribution >= 4 is 5.70 Å². The van der Waals surface area contributed by atoms with Crippen molar-refractivity contribution in [2.24, 2.45) is 0 Å². The van der Waals surface area contributed by atoms with Gasteiger partial charge in [-0.2, -0.15) is 0 Å². The lowest BCUT2D eigenvalue weighted by Crippen LogP contribution is -2.42. The van der Waals surface area contributed by atoms with E-state index in [-0.39, 0.29) is 0 Å². The van der Waals surface area contributed by atoms with Gasteiger partial charge in [0.25, 0.3) is 0 Å². The molecule has 1 saturated heterocycles. The van der Waals surface area contributed by atoms with Gasteiger partial charge in [0.15, 0.2) is 0 Å². The normalized spacial score (nSPS) is 17.9. The molecule has 1 fully saturated rings. The zero-order chi connectivity index (χ0) is 10.5. The first-order valence-corrected chi connectivity index (χ1v) is 5.59. The summed E-state index contributed by atoms with van der Waals surface area (Å²) >= 11 is 0. The summed E-state index contributed by atoms with van der Waals surface area (Å²) in [6.45, 7) is 6.50. The van der Waals surface area contributed by atoms with Crippen molar-refractivity contribution in [1.82, 2.24) is 10.2 Å². The second-order valence-corrected chi connectivity index (χ2v) is 3.78. The van der Waals surface area contributed by atoms with Crippen LogP contribution in [0.25, 0.3) is 5.70 Å². The van der Waals surface area contributed by atoms with Gasteiger partial charge in [-0.1, -0.05) is 36.4 Å². The van der Waals surface area contributed by atoms with Crippen LogP contribution in [0.1, 0.15) is 12.5 Å². The Bertz CT molecular complexity index is 324. The number of nitrogens with zero attached hydrogens (tertiary/aromatic N) is 1. The minimum Gasteiger partial charge on any atom is -0.369 e. The molecule has 0 unspecified atom stereocenters. The van der Waals surface area contributed by atoms with E-state index >= 15 is 0 Å². The van der Waals surface area contributed by atoms with E-state index in [0.29, 0.717) is 0 Å². The van der Waals surface area contributed by atoms with Crippen LogP contribution in [0.4, 0.5) is 0 Å². The molecule has 2 heteroatoms. The predicted molar refractivity (Wildman–Crippen MR) is 64.5 cm³/mol. The van der Waals surface area contributed by atoms with Gasteiger partial charge >= 0.3 is 0 Å². The molecule has 1 aromatic rings. The van der Waals surface area contributed by atoms with Gasteiger partial charge in [-0.05, 0) is 12.5 Å². The molecule has 1 aliphatic heterocycles. The van der Waals surface area contributed by atoms with Gasteiger partial charge in [0.2, 0.25) is 0 Å². The topological polar surface area (TPSA) is 15.3 Å². The van der Waals surface area contributed by atoms with Gasteiger partial charge in [-0.3, -0.25) is 0 Å². The lowest BCUT2D eigenvalue weighted by Gasteiger charge is -2.31. The molecular weight excluding hydrogens is 184 g/mol. The van der Waals surface area contributed by atoms with Crippen molar-refractivity contribution in [3.8, 4) is 0 Å². The molecule has 1 N–H and O–H groups in total. The van der Waals surface area contributed by atoms with E-state index in [1.807, 2.05) is 0 Å². The van der Waals surface area contributed by atoms with Gasteiger partial charge in [0.1, 0.15) is 0 Å². The predicted octanol–water partition coefficient (Wildman–Crippen LogP) is 1.95. The van der Waals surface area contributed by atoms with Crippen molar-refractivity contribution in [1.29, 1.82) is 0 Å². The zero-order valence-electron chi connectivity index (χ0n) is 9.24. The summed E-state index contributed by atoms with van der Waals surface area (Å²) in [6.07, 6.45) is 2.21. The molecule has 0 aromatic heterocycles. The Kier molecular flexibility index (Phi) is 3.41. The Hall–Kier alpha value is -1.28. The summed E-state index contributed by atoms with van der Waals surface area (Å²) < 4.78 is 0. The minimum absolute atomic E-state index is 1.09. The Balaban J connectivity index is 2.17. The number of hydrogen-bond acceptors (Lipinski definition) is 2. The Labute approximate surface area is 91.6 Å². The van der Waals surface area contributed by atoms with E-state index in [0.717, 1.165) is 26.2 Å². The first-order chi connectivity index (χ1) is 7.42. The monoisotopic (exact) mass is 202 g/mol. The second-order valence-electron chi connectivity index (χ2n) is 3.78. The van der Waals surface area contributed by atoms with Crippen molar-refractivity contribution in [3.63, 3.8) is 0 Å². The Morgan fingerprint density at radius 3 is 2.47 bits per heavy atom. The maximum absolute atomic E-state index is 3.38. The highest BCUT2D eigenvalue weighted by Crippen LogP contribution is 2.18. The summed E-state index contributed by atoms with van der Waals surface area (Å²) in [6, 6.07) is 10.6. The third kappa shape index (κ3) is 2.39. The third-order valence-corrected chi connectivity index (χ3v) is 2.80. The van der Waals surface area contributed by atoms with Crippen molar-refractivity contribution < 1.29 is 0 Å². The van der Waals surface area contributed by atoms with Gasteiger partial charge < -0.3 is 10.2 Å². The molecular formula is C13H18N2. The highest BCUT2D eigenvalue weighted by atomic mass is 15.2. The van der Waals surface area contributed by atoms with Crippen LogP contribution in [0.2, 0.25) is 0 Å². The van der Waals surface area contributed by atoms with Gasteiger partial charge in [-0.25, -0.2) is 0 Å². The molecule has 0 radical (unpaired) electrons. The first kappa shape index (κ1) is 10.2. The molecule has 2 rings (SSSR count).